The Bertz CT molecular complexity index is 559. The van der Waals surface area contributed by atoms with Crippen LogP contribution in [0.3, 0.4) is 0 Å². The fraction of sp³-hybridized carbons (Fsp3) is 0.364. The molecular weight excluding hydrogens is 330 g/mol. The molecule has 0 aromatic heterocycles. The van der Waals surface area contributed by atoms with E-state index in [1.165, 1.54) is 17.0 Å². The zero-order valence-electron chi connectivity index (χ0n) is 10.0. The molecule has 1 aliphatic rings. The van der Waals surface area contributed by atoms with Crippen LogP contribution in [0.15, 0.2) is 18.2 Å². The van der Waals surface area contributed by atoms with Gasteiger partial charge in [0.1, 0.15) is 6.61 Å². The molecule has 108 valence electrons. The molecule has 9 heteroatoms. The fourth-order valence-corrected chi connectivity index (χ4v) is 2.02. The van der Waals surface area contributed by atoms with Crippen molar-refractivity contribution in [2.75, 3.05) is 6.61 Å². The third kappa shape index (κ3) is 3.65. The van der Waals surface area contributed by atoms with E-state index < -0.39 is 14.8 Å². The molecule has 6 nitrogen and oxygen atoms in total. The molecule has 0 aliphatic carbocycles. The highest BCUT2D eigenvalue weighted by atomic mass is 35.6. The maximum absolute atomic E-state index is 11.8. The van der Waals surface area contributed by atoms with Gasteiger partial charge >= 0.3 is 6.09 Å². The maximum atomic E-state index is 11.8. The van der Waals surface area contributed by atoms with Gasteiger partial charge < -0.3 is 4.74 Å². The van der Waals surface area contributed by atoms with Crippen molar-refractivity contribution >= 4 is 46.6 Å². The van der Waals surface area contributed by atoms with Gasteiger partial charge in [0.25, 0.3) is 5.69 Å². The largest absolute Gasteiger partial charge is 0.445 e. The number of nitro groups is 1. The number of benzene rings is 1. The predicted molar refractivity (Wildman–Crippen MR) is 74.0 cm³/mol. The number of hydrogen-bond donors (Lipinski definition) is 0. The Balaban J connectivity index is 2.02. The highest BCUT2D eigenvalue weighted by Gasteiger charge is 2.28. The van der Waals surface area contributed by atoms with Crippen LogP contribution in [0.5, 0.6) is 0 Å². The third-order valence-electron chi connectivity index (χ3n) is 2.74. The number of carbonyl (C=O) groups excluding carboxylic acids is 1. The number of hydrogen-bond acceptors (Lipinski definition) is 4. The van der Waals surface area contributed by atoms with Crippen LogP contribution in [0.4, 0.5) is 10.5 Å². The number of amides is 1. The summed E-state index contributed by atoms with van der Waals surface area (Å²) in [5, 5.41) is 10.7. The summed E-state index contributed by atoms with van der Waals surface area (Å²) < 4.78 is 3.19. The summed E-state index contributed by atoms with van der Waals surface area (Å²) in [5.41, 5.74) is 1.53. The SMILES string of the molecule is O=C(OCC(Cl)(Cl)Cl)N1Cc2ccc([N+](=O)[O-])cc2C1. The molecule has 0 unspecified atom stereocenters. The van der Waals surface area contributed by atoms with E-state index >= 15 is 0 Å². The molecule has 0 N–H and O–H groups in total. The van der Waals surface area contributed by atoms with E-state index in [0.29, 0.717) is 12.1 Å². The van der Waals surface area contributed by atoms with E-state index in [2.05, 4.69) is 0 Å². The predicted octanol–water partition coefficient (Wildman–Crippen LogP) is 3.42. The molecular formula is C11H9Cl3N2O4. The number of nitrogens with zero attached hydrogens (tertiary/aromatic N) is 2. The molecule has 0 bridgehead atoms. The quantitative estimate of drug-likeness (QED) is 0.470. The Hall–Kier alpha value is -1.24. The van der Waals surface area contributed by atoms with E-state index in [1.807, 2.05) is 0 Å². The lowest BCUT2D eigenvalue weighted by molar-refractivity contribution is -0.384. The highest BCUT2D eigenvalue weighted by molar-refractivity contribution is 6.67. The van der Waals surface area contributed by atoms with Crippen LogP contribution >= 0.6 is 34.8 Å². The van der Waals surface area contributed by atoms with Crippen LogP contribution in [0, 0.1) is 10.1 Å². The average Bonchev–Trinajstić information content (AvgIpc) is 2.77. The lowest BCUT2D eigenvalue weighted by Gasteiger charge is -2.17. The zero-order valence-corrected chi connectivity index (χ0v) is 12.3. The lowest BCUT2D eigenvalue weighted by Crippen LogP contribution is -2.29. The first kappa shape index (κ1) is 15.2. The molecule has 1 heterocycles. The molecule has 2 rings (SSSR count). The fourth-order valence-electron chi connectivity index (χ4n) is 1.86. The van der Waals surface area contributed by atoms with Crippen molar-refractivity contribution in [3.8, 4) is 0 Å². The Morgan fingerprint density at radius 2 is 2.00 bits per heavy atom. The van der Waals surface area contributed by atoms with Gasteiger partial charge in [-0.05, 0) is 11.1 Å². The highest BCUT2D eigenvalue weighted by Crippen LogP contribution is 2.29. The minimum Gasteiger partial charge on any atom is -0.445 e. The van der Waals surface area contributed by atoms with E-state index in [4.69, 9.17) is 39.5 Å². The second kappa shape index (κ2) is 5.63. The molecule has 1 aromatic carbocycles. The number of ether oxygens (including phenoxy) is 1. The van der Waals surface area contributed by atoms with Crippen LogP contribution < -0.4 is 0 Å². The smallest absolute Gasteiger partial charge is 0.410 e. The van der Waals surface area contributed by atoms with Crippen molar-refractivity contribution < 1.29 is 14.5 Å². The van der Waals surface area contributed by atoms with Gasteiger partial charge in [0.15, 0.2) is 0 Å². The van der Waals surface area contributed by atoms with Gasteiger partial charge in [0.05, 0.1) is 4.92 Å². The first-order valence-electron chi connectivity index (χ1n) is 5.51. The van der Waals surface area contributed by atoms with Crippen molar-refractivity contribution in [2.45, 2.75) is 16.9 Å². The summed E-state index contributed by atoms with van der Waals surface area (Å²) in [4.78, 5) is 23.4. The first-order chi connectivity index (χ1) is 9.26. The van der Waals surface area contributed by atoms with E-state index in [-0.39, 0.29) is 18.8 Å². The lowest BCUT2D eigenvalue weighted by atomic mass is 10.1. The van der Waals surface area contributed by atoms with Gasteiger partial charge in [-0.1, -0.05) is 40.9 Å². The molecule has 0 spiro atoms. The average molecular weight is 340 g/mol. The molecule has 1 amide bonds. The van der Waals surface area contributed by atoms with Crippen LogP contribution in [-0.4, -0.2) is 26.3 Å². The Labute approximate surface area is 129 Å². The number of nitro benzene ring substituents is 1. The van der Waals surface area contributed by atoms with Gasteiger partial charge in [-0.2, -0.15) is 0 Å². The van der Waals surface area contributed by atoms with E-state index in [9.17, 15) is 14.9 Å². The van der Waals surface area contributed by atoms with Crippen molar-refractivity contribution in [1.29, 1.82) is 0 Å². The Morgan fingerprint density at radius 1 is 1.35 bits per heavy atom. The summed E-state index contributed by atoms with van der Waals surface area (Å²) >= 11 is 16.5. The molecule has 0 fully saturated rings. The van der Waals surface area contributed by atoms with Crippen molar-refractivity contribution in [2.24, 2.45) is 0 Å². The van der Waals surface area contributed by atoms with Gasteiger partial charge in [-0.15, -0.1) is 0 Å². The molecule has 0 saturated carbocycles. The van der Waals surface area contributed by atoms with Crippen molar-refractivity contribution in [3.63, 3.8) is 0 Å². The number of fused-ring (bicyclic) bond motifs is 1. The summed E-state index contributed by atoms with van der Waals surface area (Å²) in [7, 11) is 0. The molecule has 20 heavy (non-hydrogen) atoms. The minimum atomic E-state index is -1.67. The number of alkyl halides is 3. The van der Waals surface area contributed by atoms with Crippen LogP contribution in [0.2, 0.25) is 0 Å². The van der Waals surface area contributed by atoms with Crippen LogP contribution in [0.1, 0.15) is 11.1 Å². The van der Waals surface area contributed by atoms with Crippen LogP contribution in [0.25, 0.3) is 0 Å². The molecule has 0 saturated heterocycles. The van der Waals surface area contributed by atoms with E-state index in [1.54, 1.807) is 6.07 Å². The standard InChI is InChI=1S/C11H9Cl3N2O4/c12-11(13,14)6-20-10(17)15-4-7-1-2-9(16(18)19)3-8(7)5-15/h1-3H,4-6H2. The number of carbonyl (C=O) groups is 1. The summed E-state index contributed by atoms with van der Waals surface area (Å²) in [6.07, 6.45) is -0.629. The Morgan fingerprint density at radius 3 is 2.60 bits per heavy atom. The summed E-state index contributed by atoms with van der Waals surface area (Å²) in [6, 6.07) is 4.46. The van der Waals surface area contributed by atoms with Crippen molar-refractivity contribution in [1.82, 2.24) is 4.90 Å². The van der Waals surface area contributed by atoms with Crippen molar-refractivity contribution in [3.05, 3.63) is 39.4 Å². The molecule has 0 radical (unpaired) electrons. The zero-order chi connectivity index (χ0) is 14.9. The Kier molecular flexibility index (Phi) is 4.27. The normalized spacial score (nSPS) is 14.1. The second-order valence-corrected chi connectivity index (χ2v) is 6.75. The molecule has 1 aromatic rings. The summed E-state index contributed by atoms with van der Waals surface area (Å²) in [6.45, 7) is 0.186. The second-order valence-electron chi connectivity index (χ2n) is 4.24. The number of non-ortho nitro benzene ring substituents is 1. The number of halogens is 3. The first-order valence-corrected chi connectivity index (χ1v) is 6.64. The summed E-state index contributed by atoms with van der Waals surface area (Å²) in [5.74, 6) is 0. The minimum absolute atomic E-state index is 0.0136. The molecule has 0 atom stereocenters. The van der Waals surface area contributed by atoms with Gasteiger partial charge in [-0.3, -0.25) is 15.0 Å². The maximum Gasteiger partial charge on any atom is 0.410 e. The number of rotatable bonds is 2. The van der Waals surface area contributed by atoms with Crippen LogP contribution in [-0.2, 0) is 17.8 Å². The van der Waals surface area contributed by atoms with Gasteiger partial charge in [-0.25, -0.2) is 4.79 Å². The topological polar surface area (TPSA) is 72.7 Å². The molecule has 1 aliphatic heterocycles. The van der Waals surface area contributed by atoms with Gasteiger partial charge in [0, 0.05) is 25.2 Å². The monoisotopic (exact) mass is 338 g/mol. The third-order valence-corrected chi connectivity index (χ3v) is 3.07. The van der Waals surface area contributed by atoms with E-state index in [0.717, 1.165) is 5.56 Å². The van der Waals surface area contributed by atoms with Gasteiger partial charge in [0.2, 0.25) is 3.79 Å².